The first-order valence-electron chi connectivity index (χ1n) is 7.56. The van der Waals surface area contributed by atoms with Gasteiger partial charge in [-0.3, -0.25) is 0 Å². The molecular weight excluding hydrogens is 365 g/mol. The van der Waals surface area contributed by atoms with Crippen LogP contribution >= 0.6 is 23.2 Å². The van der Waals surface area contributed by atoms with Crippen molar-refractivity contribution < 1.29 is 19.1 Å². The average Bonchev–Trinajstić information content (AvgIpc) is 3.09. The molecule has 0 fully saturated rings. The van der Waals surface area contributed by atoms with Crippen LogP contribution in [0.15, 0.2) is 47.6 Å². The molecule has 1 aliphatic rings. The molecule has 2 aromatic carbocycles. The monoisotopic (exact) mass is 379 g/mol. The lowest BCUT2D eigenvalue weighted by molar-refractivity contribution is 0.00687. The predicted octanol–water partition coefficient (Wildman–Crippen LogP) is 4.35. The zero-order valence-corrected chi connectivity index (χ0v) is 14.9. The fourth-order valence-electron chi connectivity index (χ4n) is 2.37. The van der Waals surface area contributed by atoms with E-state index >= 15 is 0 Å². The third kappa shape index (κ3) is 4.24. The molecule has 0 amide bonds. The van der Waals surface area contributed by atoms with Crippen molar-refractivity contribution in [1.29, 1.82) is 0 Å². The number of benzene rings is 2. The van der Waals surface area contributed by atoms with Crippen LogP contribution in [-0.2, 0) is 9.57 Å². The summed E-state index contributed by atoms with van der Waals surface area (Å²) < 4.78 is 10.4. The van der Waals surface area contributed by atoms with Gasteiger partial charge in [-0.15, -0.1) is 0 Å². The van der Waals surface area contributed by atoms with E-state index in [2.05, 4.69) is 5.16 Å². The molecule has 0 spiro atoms. The Morgan fingerprint density at radius 1 is 1.24 bits per heavy atom. The van der Waals surface area contributed by atoms with Gasteiger partial charge in [-0.1, -0.05) is 28.4 Å². The quantitative estimate of drug-likeness (QED) is 0.724. The van der Waals surface area contributed by atoms with Crippen molar-refractivity contribution in [2.75, 3.05) is 13.7 Å². The first-order valence-corrected chi connectivity index (χ1v) is 8.31. The molecule has 3 rings (SSSR count). The largest absolute Gasteiger partial charge is 0.497 e. The Hall–Kier alpha value is -2.24. The minimum atomic E-state index is -0.525. The fraction of sp³-hybridized carbons (Fsp3) is 0.222. The number of carbonyl (C=O) groups excluding carboxylic acids is 1. The number of nitrogens with zero attached hydrogens (tertiary/aromatic N) is 1. The van der Waals surface area contributed by atoms with E-state index in [0.717, 1.165) is 17.0 Å². The Bertz CT molecular complexity index is 805. The number of rotatable bonds is 5. The predicted molar refractivity (Wildman–Crippen MR) is 95.8 cm³/mol. The molecule has 0 aromatic heterocycles. The summed E-state index contributed by atoms with van der Waals surface area (Å²) >= 11 is 11.8. The number of halogens is 2. The van der Waals surface area contributed by atoms with Crippen molar-refractivity contribution >= 4 is 34.9 Å². The van der Waals surface area contributed by atoms with Crippen molar-refractivity contribution in [3.8, 4) is 5.75 Å². The third-order valence-corrected chi connectivity index (χ3v) is 4.26. The zero-order chi connectivity index (χ0) is 17.8. The summed E-state index contributed by atoms with van der Waals surface area (Å²) in [5.41, 5.74) is 2.00. The lowest BCUT2D eigenvalue weighted by atomic mass is 10.1. The molecule has 0 bridgehead atoms. The number of carbonyl (C=O) groups is 1. The molecule has 0 radical (unpaired) electrons. The normalized spacial score (nSPS) is 16.1. The maximum atomic E-state index is 12.1. The van der Waals surface area contributed by atoms with Crippen LogP contribution in [0.1, 0.15) is 22.3 Å². The second kappa shape index (κ2) is 7.76. The van der Waals surface area contributed by atoms with Crippen LogP contribution in [0.5, 0.6) is 5.75 Å². The SMILES string of the molecule is COc1ccc(C2=NO[C@H](COC(=O)c3ccc(Cl)cc3Cl)C2)cc1. The summed E-state index contributed by atoms with van der Waals surface area (Å²) in [5, 5.41) is 4.77. The van der Waals surface area contributed by atoms with Gasteiger partial charge in [0.25, 0.3) is 0 Å². The second-order valence-electron chi connectivity index (χ2n) is 5.42. The van der Waals surface area contributed by atoms with Crippen LogP contribution in [0.4, 0.5) is 0 Å². The summed E-state index contributed by atoms with van der Waals surface area (Å²) in [4.78, 5) is 17.4. The van der Waals surface area contributed by atoms with E-state index < -0.39 is 5.97 Å². The molecule has 25 heavy (non-hydrogen) atoms. The van der Waals surface area contributed by atoms with Gasteiger partial charge >= 0.3 is 5.97 Å². The number of hydrogen-bond acceptors (Lipinski definition) is 5. The Kier molecular flexibility index (Phi) is 5.46. The molecule has 7 heteroatoms. The van der Waals surface area contributed by atoms with Gasteiger partial charge in [-0.2, -0.15) is 0 Å². The minimum Gasteiger partial charge on any atom is -0.497 e. The Morgan fingerprint density at radius 3 is 2.68 bits per heavy atom. The van der Waals surface area contributed by atoms with Gasteiger partial charge in [0, 0.05) is 11.4 Å². The Balaban J connectivity index is 1.54. The third-order valence-electron chi connectivity index (χ3n) is 3.71. The van der Waals surface area contributed by atoms with E-state index in [4.69, 9.17) is 37.5 Å². The van der Waals surface area contributed by atoms with Crippen molar-refractivity contribution in [1.82, 2.24) is 0 Å². The molecule has 1 aliphatic heterocycles. The molecule has 0 aliphatic carbocycles. The average molecular weight is 380 g/mol. The van der Waals surface area contributed by atoms with Gasteiger partial charge in [0.05, 0.1) is 23.4 Å². The topological polar surface area (TPSA) is 57.1 Å². The van der Waals surface area contributed by atoms with Crippen molar-refractivity contribution in [2.24, 2.45) is 5.16 Å². The maximum Gasteiger partial charge on any atom is 0.339 e. The molecule has 0 saturated heterocycles. The molecule has 1 atom stereocenters. The van der Waals surface area contributed by atoms with Crippen molar-refractivity contribution in [3.63, 3.8) is 0 Å². The maximum absolute atomic E-state index is 12.1. The molecule has 0 N–H and O–H groups in total. The van der Waals surface area contributed by atoms with Gasteiger partial charge in [0.1, 0.15) is 12.4 Å². The Labute approximate surface area is 155 Å². The smallest absolute Gasteiger partial charge is 0.339 e. The number of hydrogen-bond donors (Lipinski definition) is 0. The molecule has 2 aromatic rings. The van der Waals surface area contributed by atoms with Crippen molar-refractivity contribution in [3.05, 3.63) is 63.6 Å². The fourth-order valence-corrected chi connectivity index (χ4v) is 2.86. The van der Waals surface area contributed by atoms with E-state index in [0.29, 0.717) is 11.4 Å². The van der Waals surface area contributed by atoms with Crippen LogP contribution in [0.2, 0.25) is 10.0 Å². The first kappa shape index (κ1) is 17.6. The van der Waals surface area contributed by atoms with E-state index in [9.17, 15) is 4.79 Å². The van der Waals surface area contributed by atoms with Gasteiger partial charge in [0.15, 0.2) is 6.10 Å². The molecule has 0 unspecified atom stereocenters. The van der Waals surface area contributed by atoms with Crippen LogP contribution in [0, 0.1) is 0 Å². The molecule has 5 nitrogen and oxygen atoms in total. The summed E-state index contributed by atoms with van der Waals surface area (Å²) in [6.45, 7) is 0.0843. The molecule has 1 heterocycles. The second-order valence-corrected chi connectivity index (χ2v) is 6.26. The molecule has 130 valence electrons. The van der Waals surface area contributed by atoms with Gasteiger partial charge in [-0.05, 0) is 48.0 Å². The van der Waals surface area contributed by atoms with Gasteiger partial charge in [0.2, 0.25) is 0 Å². The van der Waals surface area contributed by atoms with E-state index in [1.807, 2.05) is 24.3 Å². The van der Waals surface area contributed by atoms with Crippen LogP contribution in [-0.4, -0.2) is 31.5 Å². The lowest BCUT2D eigenvalue weighted by Crippen LogP contribution is -2.19. The summed E-state index contributed by atoms with van der Waals surface area (Å²) in [6, 6.07) is 12.1. The highest BCUT2D eigenvalue weighted by Crippen LogP contribution is 2.23. The van der Waals surface area contributed by atoms with E-state index in [1.54, 1.807) is 13.2 Å². The first-order chi connectivity index (χ1) is 12.1. The van der Waals surface area contributed by atoms with Crippen LogP contribution in [0.3, 0.4) is 0 Å². The standard InChI is InChI=1S/C18H15Cl2NO4/c1-23-13-5-2-11(3-6-13)17-9-14(25-21-17)10-24-18(22)15-7-4-12(19)8-16(15)20/h2-8,14H,9-10H2,1H3/t14-/m0/s1. The molecule has 0 saturated carbocycles. The van der Waals surface area contributed by atoms with Gasteiger partial charge in [-0.25, -0.2) is 4.79 Å². The van der Waals surface area contributed by atoms with Gasteiger partial charge < -0.3 is 14.3 Å². The highest BCUT2D eigenvalue weighted by molar-refractivity contribution is 6.36. The summed E-state index contributed by atoms with van der Waals surface area (Å²) in [6.07, 6.45) is 0.223. The highest BCUT2D eigenvalue weighted by Gasteiger charge is 2.24. The van der Waals surface area contributed by atoms with E-state index in [1.165, 1.54) is 12.1 Å². The van der Waals surface area contributed by atoms with Crippen LogP contribution in [0.25, 0.3) is 0 Å². The van der Waals surface area contributed by atoms with Crippen LogP contribution < -0.4 is 4.74 Å². The summed E-state index contributed by atoms with van der Waals surface area (Å²) in [7, 11) is 1.61. The molecular formula is C18H15Cl2NO4. The van der Waals surface area contributed by atoms with Crippen molar-refractivity contribution in [2.45, 2.75) is 12.5 Å². The number of ether oxygens (including phenoxy) is 2. The highest BCUT2D eigenvalue weighted by atomic mass is 35.5. The number of esters is 1. The lowest BCUT2D eigenvalue weighted by Gasteiger charge is -2.10. The number of methoxy groups -OCH3 is 1. The minimum absolute atomic E-state index is 0.0843. The summed E-state index contributed by atoms with van der Waals surface area (Å²) in [5.74, 6) is 0.247. The van der Waals surface area contributed by atoms with E-state index in [-0.39, 0.29) is 23.3 Å². The Morgan fingerprint density at radius 2 is 2.00 bits per heavy atom. The zero-order valence-electron chi connectivity index (χ0n) is 13.4. The number of oxime groups is 1.